The number of ether oxygens (including phenoxy) is 1. The number of aromatic amines is 1. The van der Waals surface area contributed by atoms with E-state index in [-0.39, 0.29) is 29.7 Å². The number of nitrogens with one attached hydrogen (secondary N) is 2. The van der Waals surface area contributed by atoms with Gasteiger partial charge in [-0.2, -0.15) is 0 Å². The van der Waals surface area contributed by atoms with Crippen LogP contribution in [-0.4, -0.2) is 11.1 Å². The number of amides is 1. The molecule has 0 atom stereocenters. The summed E-state index contributed by atoms with van der Waals surface area (Å²) in [4.78, 5) is 27.5. The van der Waals surface area contributed by atoms with E-state index in [1.807, 2.05) is 0 Å². The van der Waals surface area contributed by atoms with Crippen LogP contribution < -0.4 is 10.7 Å². The lowest BCUT2D eigenvalue weighted by Crippen LogP contribution is -2.18. The summed E-state index contributed by atoms with van der Waals surface area (Å²) in [6.45, 7) is 2.89. The predicted octanol–water partition coefficient (Wildman–Crippen LogP) is 5.09. The fraction of sp³-hybridized carbons (Fsp3) is 0.238. The molecule has 2 aromatic carbocycles. The predicted molar refractivity (Wildman–Crippen MR) is 104 cm³/mol. The van der Waals surface area contributed by atoms with Crippen LogP contribution in [0.25, 0.3) is 10.9 Å². The van der Waals surface area contributed by atoms with Gasteiger partial charge in [-0.05, 0) is 31.2 Å². The van der Waals surface area contributed by atoms with Crippen molar-refractivity contribution in [3.05, 3.63) is 75.6 Å². The highest BCUT2D eigenvalue weighted by Gasteiger charge is 2.29. The third-order valence-corrected chi connectivity index (χ3v) is 4.57. The van der Waals surface area contributed by atoms with Gasteiger partial charge in [0.1, 0.15) is 6.61 Å². The van der Waals surface area contributed by atoms with Crippen molar-refractivity contribution in [1.82, 2.24) is 4.98 Å². The van der Waals surface area contributed by atoms with E-state index < -0.39 is 12.0 Å². The molecule has 1 aromatic heterocycles. The number of carbonyl (C=O) groups excluding carboxylic acids is 1. The van der Waals surface area contributed by atoms with Gasteiger partial charge in [-0.25, -0.2) is 13.6 Å². The lowest BCUT2D eigenvalue weighted by Gasteiger charge is -2.15. The van der Waals surface area contributed by atoms with Gasteiger partial charge >= 0.3 is 6.09 Å². The molecule has 0 bridgehead atoms. The number of alkyl halides is 2. The van der Waals surface area contributed by atoms with Crippen molar-refractivity contribution in [1.29, 1.82) is 0 Å². The normalized spacial score (nSPS) is 11.4. The highest BCUT2D eigenvalue weighted by molar-refractivity contribution is 5.84. The minimum absolute atomic E-state index is 0.136. The number of hydrogen-bond donors (Lipinski definition) is 2. The van der Waals surface area contributed by atoms with Gasteiger partial charge in [-0.15, -0.1) is 0 Å². The Kier molecular flexibility index (Phi) is 5.44. The largest absolute Gasteiger partial charge is 0.443 e. The molecule has 28 heavy (non-hydrogen) atoms. The van der Waals surface area contributed by atoms with E-state index >= 15 is 0 Å². The van der Waals surface area contributed by atoms with Crippen molar-refractivity contribution in [3.8, 4) is 0 Å². The van der Waals surface area contributed by atoms with Gasteiger partial charge in [0, 0.05) is 34.1 Å². The summed E-state index contributed by atoms with van der Waals surface area (Å²) in [6.07, 6.45) is -1.14. The Morgan fingerprint density at radius 3 is 2.68 bits per heavy atom. The Bertz CT molecular complexity index is 1080. The molecule has 2 N–H and O–H groups in total. The number of halogens is 2. The molecule has 3 aromatic rings. The number of H-pyrrole nitrogens is 1. The lowest BCUT2D eigenvalue weighted by molar-refractivity contribution is -0.00824. The number of carbonyl (C=O) groups is 1. The summed E-state index contributed by atoms with van der Waals surface area (Å²) < 4.78 is 32.8. The zero-order valence-electron chi connectivity index (χ0n) is 15.5. The molecule has 1 amide bonds. The topological polar surface area (TPSA) is 71.2 Å². The molecular formula is C21H20F2N2O3. The smallest absolute Gasteiger partial charge is 0.412 e. The maximum Gasteiger partial charge on any atom is 0.412 e. The number of hydrogen-bond acceptors (Lipinski definition) is 3. The van der Waals surface area contributed by atoms with E-state index in [1.165, 1.54) is 31.2 Å². The molecule has 0 saturated carbocycles. The maximum atomic E-state index is 13.8. The van der Waals surface area contributed by atoms with Crippen LogP contribution >= 0.6 is 0 Å². The van der Waals surface area contributed by atoms with Gasteiger partial charge in [0.05, 0.1) is 5.69 Å². The summed E-state index contributed by atoms with van der Waals surface area (Å²) in [5, 5.41) is 2.99. The van der Waals surface area contributed by atoms with Crippen molar-refractivity contribution in [2.75, 3.05) is 5.32 Å². The second kappa shape index (κ2) is 7.80. The number of fused-ring (bicyclic) bond motifs is 1. The first-order valence-electron chi connectivity index (χ1n) is 8.84. The minimum atomic E-state index is -2.97. The average molecular weight is 386 g/mol. The van der Waals surface area contributed by atoms with Crippen LogP contribution in [0.1, 0.15) is 30.2 Å². The zero-order valence-corrected chi connectivity index (χ0v) is 15.5. The van der Waals surface area contributed by atoms with Crippen molar-refractivity contribution in [3.63, 3.8) is 0 Å². The van der Waals surface area contributed by atoms with Gasteiger partial charge in [0.25, 0.3) is 5.92 Å². The number of pyridine rings is 1. The fourth-order valence-electron chi connectivity index (χ4n) is 2.85. The SMILES string of the molecule is CCC(F)(F)c1cccc(NC(=O)OCc2[nH]c3ccccc3c(=O)c2C)c1. The van der Waals surface area contributed by atoms with Crippen LogP contribution in [0.4, 0.5) is 19.3 Å². The van der Waals surface area contributed by atoms with E-state index in [2.05, 4.69) is 10.3 Å². The van der Waals surface area contributed by atoms with Crippen LogP contribution in [0.3, 0.4) is 0 Å². The molecule has 0 aliphatic rings. The Morgan fingerprint density at radius 1 is 1.18 bits per heavy atom. The molecule has 0 fully saturated rings. The Morgan fingerprint density at radius 2 is 1.93 bits per heavy atom. The highest BCUT2D eigenvalue weighted by atomic mass is 19.3. The van der Waals surface area contributed by atoms with Crippen molar-refractivity contribution in [2.24, 2.45) is 0 Å². The van der Waals surface area contributed by atoms with E-state index in [1.54, 1.807) is 31.2 Å². The molecule has 0 aliphatic heterocycles. The summed E-state index contributed by atoms with van der Waals surface area (Å²) in [5.74, 6) is -2.97. The molecule has 3 rings (SSSR count). The summed E-state index contributed by atoms with van der Waals surface area (Å²) in [6, 6.07) is 12.5. The van der Waals surface area contributed by atoms with Gasteiger partial charge < -0.3 is 9.72 Å². The second-order valence-electron chi connectivity index (χ2n) is 6.44. The monoisotopic (exact) mass is 386 g/mol. The van der Waals surface area contributed by atoms with Crippen LogP contribution in [0.5, 0.6) is 0 Å². The van der Waals surface area contributed by atoms with Gasteiger partial charge in [-0.3, -0.25) is 10.1 Å². The van der Waals surface area contributed by atoms with Crippen molar-refractivity contribution < 1.29 is 18.3 Å². The highest BCUT2D eigenvalue weighted by Crippen LogP contribution is 2.32. The minimum Gasteiger partial charge on any atom is -0.443 e. The first-order valence-corrected chi connectivity index (χ1v) is 8.84. The lowest BCUT2D eigenvalue weighted by atomic mass is 10.1. The number of benzene rings is 2. The summed E-state index contributed by atoms with van der Waals surface area (Å²) in [7, 11) is 0. The van der Waals surface area contributed by atoms with Gasteiger partial charge in [0.15, 0.2) is 5.43 Å². The number of anilines is 1. The summed E-state index contributed by atoms with van der Waals surface area (Å²) in [5.41, 5.74) is 1.47. The summed E-state index contributed by atoms with van der Waals surface area (Å²) >= 11 is 0. The van der Waals surface area contributed by atoms with Crippen molar-refractivity contribution >= 4 is 22.7 Å². The molecular weight excluding hydrogens is 366 g/mol. The van der Waals surface area contributed by atoms with Gasteiger partial charge in [0.2, 0.25) is 0 Å². The Labute approximate surface area is 160 Å². The molecule has 146 valence electrons. The maximum absolute atomic E-state index is 13.8. The van der Waals surface area contributed by atoms with E-state index in [0.717, 1.165) is 0 Å². The molecule has 0 spiro atoms. The van der Waals surface area contributed by atoms with E-state index in [4.69, 9.17) is 4.74 Å². The third kappa shape index (κ3) is 4.03. The van der Waals surface area contributed by atoms with Gasteiger partial charge in [-0.1, -0.05) is 31.2 Å². The molecule has 1 heterocycles. The van der Waals surface area contributed by atoms with Crippen LogP contribution in [0, 0.1) is 6.92 Å². The Hall–Kier alpha value is -3.22. The third-order valence-electron chi connectivity index (χ3n) is 4.57. The number of para-hydroxylation sites is 1. The van der Waals surface area contributed by atoms with E-state index in [0.29, 0.717) is 22.2 Å². The quantitative estimate of drug-likeness (QED) is 0.642. The fourth-order valence-corrected chi connectivity index (χ4v) is 2.85. The first kappa shape index (κ1) is 19.5. The number of aromatic nitrogens is 1. The molecule has 0 saturated heterocycles. The first-order chi connectivity index (χ1) is 13.3. The van der Waals surface area contributed by atoms with E-state index in [9.17, 15) is 18.4 Å². The zero-order chi connectivity index (χ0) is 20.3. The average Bonchev–Trinajstić information content (AvgIpc) is 2.70. The second-order valence-corrected chi connectivity index (χ2v) is 6.44. The molecule has 0 aliphatic carbocycles. The number of rotatable bonds is 5. The molecule has 0 radical (unpaired) electrons. The molecule has 5 nitrogen and oxygen atoms in total. The molecule has 7 heteroatoms. The standard InChI is InChI=1S/C21H20F2N2O3/c1-3-21(22,23)14-7-6-8-15(11-14)24-20(27)28-12-18-13(2)19(26)16-9-4-5-10-17(16)25-18/h4-11H,3,12H2,1-2H3,(H,24,27)(H,25,26). The van der Waals surface area contributed by atoms with Crippen LogP contribution in [-0.2, 0) is 17.3 Å². The van der Waals surface area contributed by atoms with Crippen LogP contribution in [0.15, 0.2) is 53.3 Å². The van der Waals surface area contributed by atoms with Crippen molar-refractivity contribution in [2.45, 2.75) is 32.8 Å². The molecule has 0 unspecified atom stereocenters. The Balaban J connectivity index is 1.72. The van der Waals surface area contributed by atoms with Crippen LogP contribution in [0.2, 0.25) is 0 Å².